The molecule has 1 aromatic carbocycles. The van der Waals surface area contributed by atoms with Gasteiger partial charge in [0.25, 0.3) is 0 Å². The van der Waals surface area contributed by atoms with Gasteiger partial charge in [0.15, 0.2) is 0 Å². The highest BCUT2D eigenvalue weighted by atomic mass is 16.5. The number of nitrogens with two attached hydrogens (primary N) is 1. The van der Waals surface area contributed by atoms with Crippen LogP contribution in [0, 0.1) is 6.92 Å². The van der Waals surface area contributed by atoms with Crippen molar-refractivity contribution in [3.05, 3.63) is 35.7 Å². The second-order valence-electron chi connectivity index (χ2n) is 4.91. The van der Waals surface area contributed by atoms with Crippen LogP contribution in [0.1, 0.15) is 18.3 Å². The SMILES string of the molecule is CCc1c(-c2ccccc2OC)[nH]c2nc(C)nc(N)c12. The largest absolute Gasteiger partial charge is 0.496 e. The minimum atomic E-state index is 0.520. The van der Waals surface area contributed by atoms with Crippen LogP contribution in [0.4, 0.5) is 5.82 Å². The number of aryl methyl sites for hydroxylation is 2. The molecule has 0 spiro atoms. The van der Waals surface area contributed by atoms with E-state index in [4.69, 9.17) is 10.5 Å². The lowest BCUT2D eigenvalue weighted by Crippen LogP contribution is -1.97. The molecule has 3 N–H and O–H groups in total. The predicted octanol–water partition coefficient (Wildman–Crippen LogP) is 3.09. The number of benzene rings is 1. The summed E-state index contributed by atoms with van der Waals surface area (Å²) >= 11 is 0. The van der Waals surface area contributed by atoms with Gasteiger partial charge in [0.2, 0.25) is 0 Å². The van der Waals surface area contributed by atoms with Crippen LogP contribution in [-0.4, -0.2) is 22.1 Å². The summed E-state index contributed by atoms with van der Waals surface area (Å²) in [5, 5.41) is 0.906. The number of nitrogens with zero attached hydrogens (tertiary/aromatic N) is 2. The van der Waals surface area contributed by atoms with Gasteiger partial charge in [-0.15, -0.1) is 0 Å². The first-order valence-electron chi connectivity index (χ1n) is 6.93. The fraction of sp³-hybridized carbons (Fsp3) is 0.250. The first kappa shape index (κ1) is 13.4. The average molecular weight is 282 g/mol. The van der Waals surface area contributed by atoms with Crippen LogP contribution in [-0.2, 0) is 6.42 Å². The van der Waals surface area contributed by atoms with Gasteiger partial charge in [-0.3, -0.25) is 0 Å². The maximum Gasteiger partial charge on any atom is 0.143 e. The minimum absolute atomic E-state index is 0.520. The van der Waals surface area contributed by atoms with Crippen LogP contribution in [0.5, 0.6) is 5.75 Å². The van der Waals surface area contributed by atoms with E-state index in [2.05, 4.69) is 21.9 Å². The molecule has 2 aromatic heterocycles. The van der Waals surface area contributed by atoms with Crippen molar-refractivity contribution in [3.63, 3.8) is 0 Å². The Morgan fingerprint density at radius 3 is 2.71 bits per heavy atom. The summed E-state index contributed by atoms with van der Waals surface area (Å²) in [7, 11) is 1.67. The Hall–Kier alpha value is -2.56. The van der Waals surface area contributed by atoms with Crippen molar-refractivity contribution >= 4 is 16.9 Å². The maximum absolute atomic E-state index is 6.09. The van der Waals surface area contributed by atoms with Gasteiger partial charge < -0.3 is 15.5 Å². The predicted molar refractivity (Wildman–Crippen MR) is 84.4 cm³/mol. The van der Waals surface area contributed by atoms with Gasteiger partial charge in [0.1, 0.15) is 23.0 Å². The highest BCUT2D eigenvalue weighted by molar-refractivity contribution is 5.96. The zero-order valence-corrected chi connectivity index (χ0v) is 12.4. The molecule has 5 nitrogen and oxygen atoms in total. The zero-order valence-electron chi connectivity index (χ0n) is 12.4. The lowest BCUT2D eigenvalue weighted by atomic mass is 10.0. The van der Waals surface area contributed by atoms with E-state index in [1.54, 1.807) is 7.11 Å². The quantitative estimate of drug-likeness (QED) is 0.774. The Bertz CT molecular complexity index is 807. The smallest absolute Gasteiger partial charge is 0.143 e. The molecule has 2 heterocycles. The van der Waals surface area contributed by atoms with Crippen molar-refractivity contribution in [2.45, 2.75) is 20.3 Å². The molecule has 21 heavy (non-hydrogen) atoms. The summed E-state index contributed by atoms with van der Waals surface area (Å²) in [6, 6.07) is 7.91. The molecule has 0 aliphatic rings. The summed E-state index contributed by atoms with van der Waals surface area (Å²) in [5.74, 6) is 2.00. The third-order valence-electron chi connectivity index (χ3n) is 3.63. The highest BCUT2D eigenvalue weighted by Crippen LogP contribution is 2.36. The van der Waals surface area contributed by atoms with Crippen LogP contribution < -0.4 is 10.5 Å². The Balaban J connectivity index is 2.35. The molecule has 0 atom stereocenters. The first-order valence-corrected chi connectivity index (χ1v) is 6.93. The number of fused-ring (bicyclic) bond motifs is 1. The standard InChI is InChI=1S/C16H18N4O/c1-4-10-13-15(17)18-9(2)19-16(13)20-14(10)11-7-5-6-8-12(11)21-3/h5-8H,4H2,1-3H3,(H3,17,18,19,20). The average Bonchev–Trinajstić information content (AvgIpc) is 2.85. The number of hydrogen-bond acceptors (Lipinski definition) is 4. The summed E-state index contributed by atoms with van der Waals surface area (Å²) < 4.78 is 5.46. The molecule has 0 bridgehead atoms. The van der Waals surface area contributed by atoms with Gasteiger partial charge in [0, 0.05) is 5.56 Å². The molecule has 0 saturated heterocycles. The molecular formula is C16H18N4O. The Morgan fingerprint density at radius 1 is 1.24 bits per heavy atom. The van der Waals surface area contributed by atoms with Crippen LogP contribution in [0.3, 0.4) is 0 Å². The van der Waals surface area contributed by atoms with E-state index in [0.29, 0.717) is 11.6 Å². The number of anilines is 1. The molecule has 0 aliphatic carbocycles. The van der Waals surface area contributed by atoms with Crippen molar-refractivity contribution in [2.75, 3.05) is 12.8 Å². The fourth-order valence-corrected chi connectivity index (χ4v) is 2.74. The molecule has 108 valence electrons. The molecule has 0 radical (unpaired) electrons. The Labute approximate surface area is 123 Å². The number of aromatic amines is 1. The van der Waals surface area contributed by atoms with E-state index in [9.17, 15) is 0 Å². The van der Waals surface area contributed by atoms with Gasteiger partial charge in [0.05, 0.1) is 18.2 Å². The topological polar surface area (TPSA) is 76.8 Å². The van der Waals surface area contributed by atoms with Crippen molar-refractivity contribution in [1.82, 2.24) is 15.0 Å². The number of hydrogen-bond donors (Lipinski definition) is 2. The Kier molecular flexibility index (Phi) is 3.25. The summed E-state index contributed by atoms with van der Waals surface area (Å²) in [6.45, 7) is 3.94. The number of rotatable bonds is 3. The third-order valence-corrected chi connectivity index (χ3v) is 3.63. The number of nitrogens with one attached hydrogen (secondary N) is 1. The number of para-hydroxylation sites is 1. The maximum atomic E-state index is 6.09. The van der Waals surface area contributed by atoms with Gasteiger partial charge in [-0.2, -0.15) is 0 Å². The molecule has 0 aliphatic heterocycles. The van der Waals surface area contributed by atoms with Crippen LogP contribution in [0.2, 0.25) is 0 Å². The fourth-order valence-electron chi connectivity index (χ4n) is 2.74. The van der Waals surface area contributed by atoms with Crippen LogP contribution >= 0.6 is 0 Å². The van der Waals surface area contributed by atoms with E-state index < -0.39 is 0 Å². The third kappa shape index (κ3) is 2.11. The van der Waals surface area contributed by atoms with E-state index >= 15 is 0 Å². The monoisotopic (exact) mass is 282 g/mol. The van der Waals surface area contributed by atoms with E-state index in [0.717, 1.165) is 40.0 Å². The second-order valence-corrected chi connectivity index (χ2v) is 4.91. The molecular weight excluding hydrogens is 264 g/mol. The van der Waals surface area contributed by atoms with Gasteiger partial charge in [-0.1, -0.05) is 19.1 Å². The molecule has 5 heteroatoms. The summed E-state index contributed by atoms with van der Waals surface area (Å²) in [6.07, 6.45) is 0.837. The van der Waals surface area contributed by atoms with E-state index in [1.807, 2.05) is 31.2 Å². The van der Waals surface area contributed by atoms with Crippen LogP contribution in [0.25, 0.3) is 22.3 Å². The molecule has 0 saturated carbocycles. The number of nitrogen functional groups attached to an aromatic ring is 1. The first-order chi connectivity index (χ1) is 10.2. The molecule has 0 fully saturated rings. The van der Waals surface area contributed by atoms with Crippen molar-refractivity contribution < 1.29 is 4.74 Å². The molecule has 0 unspecified atom stereocenters. The highest BCUT2D eigenvalue weighted by Gasteiger charge is 2.18. The van der Waals surface area contributed by atoms with Gasteiger partial charge >= 0.3 is 0 Å². The molecule has 3 aromatic rings. The summed E-state index contributed by atoms with van der Waals surface area (Å²) in [5.41, 5.74) is 9.99. The van der Waals surface area contributed by atoms with Crippen molar-refractivity contribution in [3.8, 4) is 17.0 Å². The molecule has 3 rings (SSSR count). The number of H-pyrrole nitrogens is 1. The van der Waals surface area contributed by atoms with E-state index in [-0.39, 0.29) is 0 Å². The second kappa shape index (κ2) is 5.09. The van der Waals surface area contributed by atoms with Crippen molar-refractivity contribution in [2.24, 2.45) is 0 Å². The zero-order chi connectivity index (χ0) is 15.0. The van der Waals surface area contributed by atoms with Gasteiger partial charge in [-0.25, -0.2) is 9.97 Å². The van der Waals surface area contributed by atoms with Gasteiger partial charge in [-0.05, 0) is 31.0 Å². The lowest BCUT2D eigenvalue weighted by molar-refractivity contribution is 0.416. The number of ether oxygens (including phenoxy) is 1. The number of methoxy groups -OCH3 is 1. The summed E-state index contributed by atoms with van der Waals surface area (Å²) in [4.78, 5) is 12.1. The van der Waals surface area contributed by atoms with Crippen LogP contribution in [0.15, 0.2) is 24.3 Å². The lowest BCUT2D eigenvalue weighted by Gasteiger charge is -2.08. The van der Waals surface area contributed by atoms with E-state index in [1.165, 1.54) is 0 Å². The number of aromatic nitrogens is 3. The Morgan fingerprint density at radius 2 is 2.00 bits per heavy atom. The van der Waals surface area contributed by atoms with Crippen molar-refractivity contribution in [1.29, 1.82) is 0 Å². The molecule has 0 amide bonds. The minimum Gasteiger partial charge on any atom is -0.496 e. The normalized spacial score (nSPS) is 11.0.